The number of hydrogen-bond acceptors (Lipinski definition) is 6. The van der Waals surface area contributed by atoms with Crippen LogP contribution in [-0.2, 0) is 25.3 Å². The summed E-state index contributed by atoms with van der Waals surface area (Å²) >= 11 is 6.29. The number of aromatic nitrogens is 2. The largest absolute Gasteiger partial charge is 0.487 e. The summed E-state index contributed by atoms with van der Waals surface area (Å²) in [5, 5.41) is 4.03. The van der Waals surface area contributed by atoms with Crippen LogP contribution in [0.1, 0.15) is 64.3 Å². The summed E-state index contributed by atoms with van der Waals surface area (Å²) in [6.07, 6.45) is 0.356. The highest BCUT2D eigenvalue weighted by atomic mass is 35.5. The molecule has 0 aliphatic rings. The number of ether oxygens (including phenoxy) is 1. The second-order valence-corrected chi connectivity index (χ2v) is 12.7. The van der Waals surface area contributed by atoms with E-state index in [9.17, 15) is 13.2 Å². The molecule has 1 unspecified atom stereocenters. The minimum absolute atomic E-state index is 0.0388. The molecule has 0 bridgehead atoms. The molecular formula is C27H33ClN2O5S. The van der Waals surface area contributed by atoms with Gasteiger partial charge in [-0.15, -0.1) is 0 Å². The van der Waals surface area contributed by atoms with Gasteiger partial charge in [-0.2, -0.15) is 13.5 Å². The molecule has 0 saturated heterocycles. The SMILES string of the molecule is Cc1ccc(S(=O)(=O)OC(COc2cnn(C(C)(C)C)c(=O)c2Cl)c2ccc(C(C)(C)C)cc2)cc1. The predicted molar refractivity (Wildman–Crippen MR) is 141 cm³/mol. The first-order valence-electron chi connectivity index (χ1n) is 11.6. The molecule has 0 aliphatic carbocycles. The second-order valence-electron chi connectivity index (χ2n) is 10.7. The Bertz CT molecular complexity index is 1370. The van der Waals surface area contributed by atoms with Crippen LogP contribution in [0, 0.1) is 6.92 Å². The first-order chi connectivity index (χ1) is 16.6. The van der Waals surface area contributed by atoms with E-state index in [0.29, 0.717) is 5.56 Å². The molecule has 0 N–H and O–H groups in total. The molecule has 194 valence electrons. The van der Waals surface area contributed by atoms with Gasteiger partial charge >= 0.3 is 0 Å². The van der Waals surface area contributed by atoms with Crippen molar-refractivity contribution in [3.8, 4) is 5.75 Å². The van der Waals surface area contributed by atoms with Gasteiger partial charge in [0, 0.05) is 0 Å². The monoisotopic (exact) mass is 532 g/mol. The van der Waals surface area contributed by atoms with E-state index < -0.39 is 27.3 Å². The lowest BCUT2D eigenvalue weighted by Crippen LogP contribution is -2.36. The molecule has 0 aliphatic heterocycles. The molecular weight excluding hydrogens is 500 g/mol. The second kappa shape index (κ2) is 10.4. The Morgan fingerprint density at radius 1 is 0.972 bits per heavy atom. The van der Waals surface area contributed by atoms with E-state index in [0.717, 1.165) is 11.1 Å². The molecule has 3 aromatic rings. The van der Waals surface area contributed by atoms with Crippen LogP contribution < -0.4 is 10.3 Å². The third-order valence-electron chi connectivity index (χ3n) is 5.61. The number of hydrogen-bond donors (Lipinski definition) is 0. The van der Waals surface area contributed by atoms with E-state index in [1.165, 1.54) is 23.0 Å². The Balaban J connectivity index is 1.94. The first-order valence-corrected chi connectivity index (χ1v) is 13.4. The van der Waals surface area contributed by atoms with Gasteiger partial charge in [-0.3, -0.25) is 8.98 Å². The molecule has 3 rings (SSSR count). The Hall–Kier alpha value is -2.68. The molecule has 0 radical (unpaired) electrons. The Morgan fingerprint density at radius 2 is 1.56 bits per heavy atom. The fraction of sp³-hybridized carbons (Fsp3) is 0.407. The normalized spacial score (nSPS) is 13.4. The van der Waals surface area contributed by atoms with E-state index in [-0.39, 0.29) is 27.7 Å². The lowest BCUT2D eigenvalue weighted by molar-refractivity contribution is 0.134. The summed E-state index contributed by atoms with van der Waals surface area (Å²) in [5.74, 6) is 0.0508. The highest BCUT2D eigenvalue weighted by Crippen LogP contribution is 2.29. The van der Waals surface area contributed by atoms with Gasteiger partial charge in [-0.05, 0) is 56.4 Å². The van der Waals surface area contributed by atoms with Crippen LogP contribution in [0.25, 0.3) is 0 Å². The molecule has 1 atom stereocenters. The van der Waals surface area contributed by atoms with Crippen LogP contribution in [0.4, 0.5) is 0 Å². The van der Waals surface area contributed by atoms with Crippen LogP contribution in [0.3, 0.4) is 0 Å². The van der Waals surface area contributed by atoms with E-state index in [4.69, 9.17) is 20.5 Å². The lowest BCUT2D eigenvalue weighted by atomic mass is 9.86. The maximum absolute atomic E-state index is 13.1. The van der Waals surface area contributed by atoms with E-state index in [2.05, 4.69) is 25.9 Å². The van der Waals surface area contributed by atoms with Gasteiger partial charge in [0.2, 0.25) is 0 Å². The lowest BCUT2D eigenvalue weighted by Gasteiger charge is -2.23. The summed E-state index contributed by atoms with van der Waals surface area (Å²) in [6, 6.07) is 13.9. The zero-order valence-electron chi connectivity index (χ0n) is 21.7. The van der Waals surface area contributed by atoms with Gasteiger partial charge in [0.05, 0.1) is 16.6 Å². The van der Waals surface area contributed by atoms with E-state index in [1.807, 2.05) is 52.0 Å². The average molecular weight is 533 g/mol. The number of rotatable bonds is 7. The van der Waals surface area contributed by atoms with Crippen molar-refractivity contribution in [2.45, 2.75) is 70.4 Å². The van der Waals surface area contributed by atoms with E-state index >= 15 is 0 Å². The van der Waals surface area contributed by atoms with Crippen molar-refractivity contribution in [1.82, 2.24) is 9.78 Å². The van der Waals surface area contributed by atoms with Gasteiger partial charge in [-0.25, -0.2) is 4.68 Å². The van der Waals surface area contributed by atoms with Gasteiger partial charge in [-0.1, -0.05) is 74.3 Å². The smallest absolute Gasteiger partial charge is 0.297 e. The van der Waals surface area contributed by atoms with Crippen LogP contribution >= 0.6 is 11.6 Å². The van der Waals surface area contributed by atoms with Crippen molar-refractivity contribution >= 4 is 21.7 Å². The fourth-order valence-corrected chi connectivity index (χ4v) is 4.69. The molecule has 0 fully saturated rings. The predicted octanol–water partition coefficient (Wildman–Crippen LogP) is 5.78. The molecule has 1 aromatic heterocycles. The average Bonchev–Trinajstić information content (AvgIpc) is 2.78. The third kappa shape index (κ3) is 6.55. The molecule has 9 heteroatoms. The van der Waals surface area contributed by atoms with Crippen molar-refractivity contribution in [2.24, 2.45) is 0 Å². The topological polar surface area (TPSA) is 87.5 Å². The number of aryl methyl sites for hydroxylation is 1. The quantitative estimate of drug-likeness (QED) is 0.358. The molecule has 7 nitrogen and oxygen atoms in total. The van der Waals surface area contributed by atoms with Gasteiger partial charge in [0.25, 0.3) is 15.7 Å². The van der Waals surface area contributed by atoms with Crippen molar-refractivity contribution in [2.75, 3.05) is 6.61 Å². The Kier molecular flexibility index (Phi) is 8.03. The summed E-state index contributed by atoms with van der Waals surface area (Å²) in [6.45, 7) is 13.4. The molecule has 0 saturated carbocycles. The molecule has 0 spiro atoms. The number of halogens is 1. The molecule has 2 aromatic carbocycles. The molecule has 0 amide bonds. The zero-order valence-corrected chi connectivity index (χ0v) is 23.3. The minimum Gasteiger partial charge on any atom is -0.487 e. The summed E-state index contributed by atoms with van der Waals surface area (Å²) in [5.41, 5.74) is 1.48. The summed E-state index contributed by atoms with van der Waals surface area (Å²) < 4.78 is 38.9. The third-order valence-corrected chi connectivity index (χ3v) is 7.30. The zero-order chi connectivity index (χ0) is 26.9. The highest BCUT2D eigenvalue weighted by Gasteiger charge is 2.26. The summed E-state index contributed by atoms with van der Waals surface area (Å²) in [4.78, 5) is 12.7. The Morgan fingerprint density at radius 3 is 2.08 bits per heavy atom. The summed E-state index contributed by atoms with van der Waals surface area (Å²) in [7, 11) is -4.11. The van der Waals surface area contributed by atoms with Gasteiger partial charge in [0.1, 0.15) is 12.7 Å². The van der Waals surface area contributed by atoms with Crippen molar-refractivity contribution in [3.05, 3.63) is 86.8 Å². The van der Waals surface area contributed by atoms with Crippen molar-refractivity contribution in [1.29, 1.82) is 0 Å². The Labute approximate surface area is 218 Å². The van der Waals surface area contributed by atoms with Crippen LogP contribution in [-0.4, -0.2) is 24.8 Å². The van der Waals surface area contributed by atoms with Crippen LogP contribution in [0.2, 0.25) is 5.02 Å². The molecule has 1 heterocycles. The fourth-order valence-electron chi connectivity index (χ4n) is 3.45. The van der Waals surface area contributed by atoms with Crippen molar-refractivity contribution in [3.63, 3.8) is 0 Å². The van der Waals surface area contributed by atoms with E-state index in [1.54, 1.807) is 12.1 Å². The number of nitrogens with zero attached hydrogens (tertiary/aromatic N) is 2. The number of benzene rings is 2. The van der Waals surface area contributed by atoms with Crippen LogP contribution in [0.15, 0.2) is 64.4 Å². The van der Waals surface area contributed by atoms with Crippen molar-refractivity contribution < 1.29 is 17.3 Å². The standard InChI is InChI=1S/C27H33ClN2O5S/c1-18-8-14-21(15-9-18)36(32,33)35-23(19-10-12-20(13-11-19)26(2,3)4)17-34-22-16-29-30(27(5,6)7)25(31)24(22)28/h8-16,23H,17H2,1-7H3. The highest BCUT2D eigenvalue weighted by molar-refractivity contribution is 7.86. The minimum atomic E-state index is -4.11. The van der Waals surface area contributed by atoms with Gasteiger partial charge < -0.3 is 4.74 Å². The maximum Gasteiger partial charge on any atom is 0.297 e. The van der Waals surface area contributed by atoms with Crippen LogP contribution in [0.5, 0.6) is 5.75 Å². The molecule has 36 heavy (non-hydrogen) atoms. The maximum atomic E-state index is 13.1. The first kappa shape index (κ1) is 27.9. The van der Waals surface area contributed by atoms with Gasteiger partial charge in [0.15, 0.2) is 10.8 Å².